The van der Waals surface area contributed by atoms with E-state index in [4.69, 9.17) is 9.47 Å². The Morgan fingerprint density at radius 3 is 2.33 bits per heavy atom. The van der Waals surface area contributed by atoms with Gasteiger partial charge in [-0.3, -0.25) is 4.90 Å². The molecule has 0 saturated carbocycles. The summed E-state index contributed by atoms with van der Waals surface area (Å²) in [6.07, 6.45) is 4.61. The standard InChI is InChI=1S/C26H38N2O3.2ClH/c1-4-5-20-31-24-12-10-23(11-13-24)27(2)17-14-26(29)15-18-28(19-16-26)21-22-8-6-7-9-25(22)30-3;;/h6-13,29H,4-5,14-21H2,1-3H3;2*1H. The molecule has 5 nitrogen and oxygen atoms in total. The van der Waals surface area contributed by atoms with Gasteiger partial charge < -0.3 is 19.5 Å². The second-order valence-electron chi connectivity index (χ2n) is 8.68. The van der Waals surface area contributed by atoms with Crippen LogP contribution in [0.4, 0.5) is 5.69 Å². The summed E-state index contributed by atoms with van der Waals surface area (Å²) in [6.45, 7) is 6.45. The number of likely N-dealkylation sites (tertiary alicyclic amines) is 1. The fraction of sp³-hybridized carbons (Fsp3) is 0.538. The van der Waals surface area contributed by atoms with Crippen LogP contribution in [0.2, 0.25) is 0 Å². The van der Waals surface area contributed by atoms with E-state index < -0.39 is 5.60 Å². The first-order valence-electron chi connectivity index (χ1n) is 11.5. The largest absolute Gasteiger partial charge is 0.496 e. The van der Waals surface area contributed by atoms with Gasteiger partial charge in [0, 0.05) is 44.5 Å². The Kier molecular flexibility index (Phi) is 13.0. The van der Waals surface area contributed by atoms with Gasteiger partial charge in [-0.25, -0.2) is 0 Å². The van der Waals surface area contributed by atoms with Crippen LogP contribution in [-0.2, 0) is 6.54 Å². The number of hydrogen-bond donors (Lipinski definition) is 1. The predicted octanol–water partition coefficient (Wildman–Crippen LogP) is 5.57. The Labute approximate surface area is 211 Å². The minimum atomic E-state index is -0.589. The topological polar surface area (TPSA) is 45.2 Å². The van der Waals surface area contributed by atoms with E-state index in [1.807, 2.05) is 24.3 Å². The van der Waals surface area contributed by atoms with Crippen molar-refractivity contribution >= 4 is 30.5 Å². The van der Waals surface area contributed by atoms with E-state index in [9.17, 15) is 5.11 Å². The zero-order valence-corrected chi connectivity index (χ0v) is 21.8. The van der Waals surface area contributed by atoms with E-state index in [2.05, 4.69) is 48.0 Å². The third kappa shape index (κ3) is 8.90. The lowest BCUT2D eigenvalue weighted by Crippen LogP contribution is -2.45. The van der Waals surface area contributed by atoms with Crippen LogP contribution in [0.5, 0.6) is 11.5 Å². The van der Waals surface area contributed by atoms with Crippen molar-refractivity contribution in [2.75, 3.05) is 45.3 Å². The number of aliphatic hydroxyl groups is 1. The van der Waals surface area contributed by atoms with Crippen molar-refractivity contribution in [1.29, 1.82) is 0 Å². The van der Waals surface area contributed by atoms with Crippen LogP contribution < -0.4 is 14.4 Å². The number of unbranched alkanes of at least 4 members (excludes halogenated alkanes) is 1. The normalized spacial score (nSPS) is 15.2. The fourth-order valence-corrected chi connectivity index (χ4v) is 4.09. The number of ether oxygens (including phenoxy) is 2. The highest BCUT2D eigenvalue weighted by molar-refractivity contribution is 5.85. The molecule has 0 unspecified atom stereocenters. The molecule has 0 aliphatic carbocycles. The van der Waals surface area contributed by atoms with Gasteiger partial charge >= 0.3 is 0 Å². The molecule has 1 N–H and O–H groups in total. The highest BCUT2D eigenvalue weighted by atomic mass is 35.5. The molecule has 2 aromatic carbocycles. The third-order valence-corrected chi connectivity index (χ3v) is 6.33. The summed E-state index contributed by atoms with van der Waals surface area (Å²) in [5.74, 6) is 1.86. The molecule has 0 atom stereocenters. The average molecular weight is 500 g/mol. The Bertz CT molecular complexity index is 796. The minimum absolute atomic E-state index is 0. The van der Waals surface area contributed by atoms with E-state index >= 15 is 0 Å². The monoisotopic (exact) mass is 498 g/mol. The number of nitrogens with zero attached hydrogens (tertiary/aromatic N) is 2. The van der Waals surface area contributed by atoms with Crippen LogP contribution in [0.15, 0.2) is 48.5 Å². The highest BCUT2D eigenvalue weighted by Crippen LogP contribution is 2.29. The van der Waals surface area contributed by atoms with Gasteiger partial charge in [-0.05, 0) is 56.0 Å². The van der Waals surface area contributed by atoms with Crippen molar-refractivity contribution < 1.29 is 14.6 Å². The number of para-hydroxylation sites is 1. The zero-order chi connectivity index (χ0) is 22.1. The van der Waals surface area contributed by atoms with Gasteiger partial charge in [-0.2, -0.15) is 0 Å². The van der Waals surface area contributed by atoms with Crippen molar-refractivity contribution in [1.82, 2.24) is 4.90 Å². The molecule has 1 aliphatic rings. The first-order valence-corrected chi connectivity index (χ1v) is 11.5. The molecule has 0 bridgehead atoms. The number of halogens is 2. The molecule has 0 spiro atoms. The molecule has 1 fully saturated rings. The summed E-state index contributed by atoms with van der Waals surface area (Å²) in [6, 6.07) is 16.4. The van der Waals surface area contributed by atoms with Crippen LogP contribution in [0, 0.1) is 0 Å². The lowest BCUT2D eigenvalue weighted by molar-refractivity contribution is -0.0276. The quantitative estimate of drug-likeness (QED) is 0.410. The van der Waals surface area contributed by atoms with E-state index in [-0.39, 0.29) is 24.8 Å². The number of piperidine rings is 1. The molecule has 0 aromatic heterocycles. The second-order valence-corrected chi connectivity index (χ2v) is 8.68. The SMILES string of the molecule is CCCCOc1ccc(N(C)CCC2(O)CCN(Cc3ccccc3OC)CC2)cc1.Cl.Cl. The van der Waals surface area contributed by atoms with Crippen molar-refractivity contribution in [3.8, 4) is 11.5 Å². The van der Waals surface area contributed by atoms with E-state index in [0.717, 1.165) is 82.1 Å². The number of hydrogen-bond acceptors (Lipinski definition) is 5. The molecular weight excluding hydrogens is 459 g/mol. The van der Waals surface area contributed by atoms with E-state index in [0.29, 0.717) is 0 Å². The van der Waals surface area contributed by atoms with Crippen LogP contribution in [-0.4, -0.2) is 56.0 Å². The molecule has 1 saturated heterocycles. The molecular formula is C26H40Cl2N2O3. The molecule has 0 radical (unpaired) electrons. The Morgan fingerprint density at radius 2 is 1.70 bits per heavy atom. The summed E-state index contributed by atoms with van der Waals surface area (Å²) in [4.78, 5) is 4.63. The number of rotatable bonds is 11. The van der Waals surface area contributed by atoms with Crippen LogP contribution in [0.1, 0.15) is 44.6 Å². The molecule has 1 heterocycles. The van der Waals surface area contributed by atoms with Crippen LogP contribution in [0.3, 0.4) is 0 Å². The van der Waals surface area contributed by atoms with Crippen molar-refractivity contribution in [3.05, 3.63) is 54.1 Å². The zero-order valence-electron chi connectivity index (χ0n) is 20.2. The summed E-state index contributed by atoms with van der Waals surface area (Å²) >= 11 is 0. The Balaban J connectivity index is 0.00000272. The van der Waals surface area contributed by atoms with Gasteiger partial charge in [0.2, 0.25) is 0 Å². The van der Waals surface area contributed by atoms with Crippen molar-refractivity contribution in [2.24, 2.45) is 0 Å². The second kappa shape index (κ2) is 14.6. The first kappa shape index (κ1) is 29.4. The molecule has 1 aliphatic heterocycles. The summed E-state index contributed by atoms with van der Waals surface area (Å²) in [5.41, 5.74) is 1.77. The lowest BCUT2D eigenvalue weighted by Gasteiger charge is -2.39. The lowest BCUT2D eigenvalue weighted by atomic mass is 9.88. The smallest absolute Gasteiger partial charge is 0.123 e. The van der Waals surface area contributed by atoms with Gasteiger partial charge in [-0.15, -0.1) is 24.8 Å². The maximum absolute atomic E-state index is 11.1. The number of anilines is 1. The molecule has 3 rings (SSSR count). The average Bonchev–Trinajstić information content (AvgIpc) is 2.80. The number of methoxy groups -OCH3 is 1. The molecule has 33 heavy (non-hydrogen) atoms. The van der Waals surface area contributed by atoms with Crippen LogP contribution in [0.25, 0.3) is 0 Å². The van der Waals surface area contributed by atoms with Gasteiger partial charge in [-0.1, -0.05) is 31.5 Å². The van der Waals surface area contributed by atoms with Crippen molar-refractivity contribution in [3.63, 3.8) is 0 Å². The summed E-state index contributed by atoms with van der Waals surface area (Å²) in [7, 11) is 3.81. The Morgan fingerprint density at radius 1 is 1.03 bits per heavy atom. The fourth-order valence-electron chi connectivity index (χ4n) is 4.09. The summed E-state index contributed by atoms with van der Waals surface area (Å²) in [5, 5.41) is 11.1. The van der Waals surface area contributed by atoms with Gasteiger partial charge in [0.25, 0.3) is 0 Å². The van der Waals surface area contributed by atoms with Gasteiger partial charge in [0.1, 0.15) is 11.5 Å². The maximum Gasteiger partial charge on any atom is 0.123 e. The van der Waals surface area contributed by atoms with E-state index in [1.54, 1.807) is 7.11 Å². The predicted molar refractivity (Wildman–Crippen MR) is 142 cm³/mol. The Hall–Kier alpha value is -1.66. The minimum Gasteiger partial charge on any atom is -0.496 e. The summed E-state index contributed by atoms with van der Waals surface area (Å²) < 4.78 is 11.2. The maximum atomic E-state index is 11.1. The van der Waals surface area contributed by atoms with Crippen LogP contribution >= 0.6 is 24.8 Å². The van der Waals surface area contributed by atoms with E-state index in [1.165, 1.54) is 5.56 Å². The molecule has 7 heteroatoms. The number of benzene rings is 2. The van der Waals surface area contributed by atoms with Crippen molar-refractivity contribution in [2.45, 2.75) is 51.2 Å². The van der Waals surface area contributed by atoms with Gasteiger partial charge in [0.05, 0.1) is 19.3 Å². The molecule has 186 valence electrons. The highest BCUT2D eigenvalue weighted by Gasteiger charge is 2.32. The molecule has 2 aromatic rings. The van der Waals surface area contributed by atoms with Gasteiger partial charge in [0.15, 0.2) is 0 Å². The molecule has 0 amide bonds. The third-order valence-electron chi connectivity index (χ3n) is 6.33. The first-order chi connectivity index (χ1) is 15.0.